The second-order valence-corrected chi connectivity index (χ2v) is 4.39. The van der Waals surface area contributed by atoms with Gasteiger partial charge in [0, 0.05) is 12.3 Å². The highest BCUT2D eigenvalue weighted by atomic mass is 35.5. The highest BCUT2D eigenvalue weighted by molar-refractivity contribution is 6.32. The predicted molar refractivity (Wildman–Crippen MR) is 69.1 cm³/mol. The lowest BCUT2D eigenvalue weighted by molar-refractivity contribution is 0.259. The van der Waals surface area contributed by atoms with Crippen LogP contribution in [0.5, 0.6) is 5.75 Å². The van der Waals surface area contributed by atoms with Crippen molar-refractivity contribution in [3.63, 3.8) is 0 Å². The number of para-hydroxylation sites is 1. The molecule has 0 aliphatic carbocycles. The van der Waals surface area contributed by atoms with Crippen LogP contribution in [0.3, 0.4) is 0 Å². The summed E-state index contributed by atoms with van der Waals surface area (Å²) in [6.45, 7) is 0.206. The molecule has 0 fully saturated rings. The van der Waals surface area contributed by atoms with Crippen molar-refractivity contribution in [3.8, 4) is 5.75 Å². The average Bonchev–Trinajstić information content (AvgIpc) is 2.83. The van der Waals surface area contributed by atoms with E-state index in [9.17, 15) is 0 Å². The quantitative estimate of drug-likeness (QED) is 0.763. The van der Waals surface area contributed by atoms with Crippen LogP contribution in [0.15, 0.2) is 28.7 Å². The number of alkyl halides is 1. The van der Waals surface area contributed by atoms with Crippen molar-refractivity contribution in [2.75, 3.05) is 5.88 Å². The average molecular weight is 287 g/mol. The smallest absolute Gasteiger partial charge is 0.253 e. The Morgan fingerprint density at radius 1 is 1.17 bits per heavy atom. The summed E-state index contributed by atoms with van der Waals surface area (Å²) in [6.07, 6.45) is 1.50. The van der Waals surface area contributed by atoms with Gasteiger partial charge >= 0.3 is 0 Å². The van der Waals surface area contributed by atoms with Gasteiger partial charge in [-0.05, 0) is 18.6 Å². The molecule has 2 rings (SSSR count). The van der Waals surface area contributed by atoms with E-state index >= 15 is 0 Å². The molecular formula is C12H12Cl2N2O2. The second kappa shape index (κ2) is 6.61. The maximum Gasteiger partial charge on any atom is 0.253 e. The molecule has 0 unspecified atom stereocenters. The molecule has 2 aromatic rings. The molecule has 0 saturated carbocycles. The predicted octanol–water partition coefficient (Wildman–Crippen LogP) is 3.47. The zero-order valence-corrected chi connectivity index (χ0v) is 11.1. The van der Waals surface area contributed by atoms with Gasteiger partial charge in [0.1, 0.15) is 5.75 Å². The standard InChI is InChI=1S/C12H12Cl2N2O2/c13-7-3-6-11-15-16-12(18-11)8-17-10-5-2-1-4-9(10)14/h1-2,4-5H,3,6-8H2. The number of hydrogen-bond acceptors (Lipinski definition) is 4. The molecule has 0 spiro atoms. The SMILES string of the molecule is ClCCCc1nnc(COc2ccccc2Cl)o1. The van der Waals surface area contributed by atoms with Crippen LogP contribution in [0, 0.1) is 0 Å². The molecule has 0 aliphatic rings. The zero-order valence-electron chi connectivity index (χ0n) is 9.60. The minimum Gasteiger partial charge on any atom is -0.482 e. The molecular weight excluding hydrogens is 275 g/mol. The molecule has 1 heterocycles. The van der Waals surface area contributed by atoms with E-state index in [2.05, 4.69) is 10.2 Å². The largest absolute Gasteiger partial charge is 0.482 e. The van der Waals surface area contributed by atoms with Crippen LogP contribution >= 0.6 is 23.2 Å². The maximum atomic E-state index is 5.96. The highest BCUT2D eigenvalue weighted by Crippen LogP contribution is 2.23. The number of ether oxygens (including phenoxy) is 1. The molecule has 0 saturated heterocycles. The van der Waals surface area contributed by atoms with Crippen LogP contribution in [-0.4, -0.2) is 16.1 Å². The van der Waals surface area contributed by atoms with E-state index < -0.39 is 0 Å². The molecule has 96 valence electrons. The van der Waals surface area contributed by atoms with Crippen LogP contribution in [-0.2, 0) is 13.0 Å². The molecule has 18 heavy (non-hydrogen) atoms. The number of hydrogen-bond donors (Lipinski definition) is 0. The van der Waals surface area contributed by atoms with E-state index in [-0.39, 0.29) is 6.61 Å². The molecule has 6 heteroatoms. The summed E-state index contributed by atoms with van der Waals surface area (Å²) in [5, 5.41) is 8.34. The molecule has 0 bridgehead atoms. The van der Waals surface area contributed by atoms with Crippen molar-refractivity contribution in [3.05, 3.63) is 41.1 Å². The second-order valence-electron chi connectivity index (χ2n) is 3.60. The summed E-state index contributed by atoms with van der Waals surface area (Å²) in [5.74, 6) is 2.18. The number of rotatable bonds is 6. The first-order valence-electron chi connectivity index (χ1n) is 5.54. The van der Waals surface area contributed by atoms with E-state index in [1.54, 1.807) is 12.1 Å². The lowest BCUT2D eigenvalue weighted by Crippen LogP contribution is -1.96. The monoisotopic (exact) mass is 286 g/mol. The minimum absolute atomic E-state index is 0.206. The van der Waals surface area contributed by atoms with Crippen LogP contribution < -0.4 is 4.74 Å². The van der Waals surface area contributed by atoms with Gasteiger partial charge in [-0.3, -0.25) is 0 Å². The number of aryl methyl sites for hydroxylation is 1. The Balaban J connectivity index is 1.90. The normalized spacial score (nSPS) is 10.6. The van der Waals surface area contributed by atoms with E-state index in [4.69, 9.17) is 32.4 Å². The number of halogens is 2. The van der Waals surface area contributed by atoms with Crippen molar-refractivity contribution >= 4 is 23.2 Å². The summed E-state index contributed by atoms with van der Waals surface area (Å²) in [7, 11) is 0. The summed E-state index contributed by atoms with van der Waals surface area (Å²) in [4.78, 5) is 0. The Labute approximate surface area is 115 Å². The van der Waals surface area contributed by atoms with Crippen LogP contribution in [0.4, 0.5) is 0 Å². The molecule has 1 aromatic heterocycles. The van der Waals surface area contributed by atoms with Gasteiger partial charge in [-0.25, -0.2) is 0 Å². The third kappa shape index (κ3) is 3.62. The Kier molecular flexibility index (Phi) is 4.84. The minimum atomic E-state index is 0.206. The lowest BCUT2D eigenvalue weighted by Gasteiger charge is -2.04. The fourth-order valence-corrected chi connectivity index (χ4v) is 1.69. The Morgan fingerprint density at radius 3 is 2.72 bits per heavy atom. The van der Waals surface area contributed by atoms with Crippen molar-refractivity contribution in [2.45, 2.75) is 19.4 Å². The van der Waals surface area contributed by atoms with E-state index in [1.807, 2.05) is 12.1 Å². The van der Waals surface area contributed by atoms with Crippen molar-refractivity contribution < 1.29 is 9.15 Å². The van der Waals surface area contributed by atoms with Gasteiger partial charge in [0.15, 0.2) is 6.61 Å². The highest BCUT2D eigenvalue weighted by Gasteiger charge is 2.07. The molecule has 4 nitrogen and oxygen atoms in total. The summed E-state index contributed by atoms with van der Waals surface area (Å²) >= 11 is 11.5. The Morgan fingerprint density at radius 2 is 1.94 bits per heavy atom. The van der Waals surface area contributed by atoms with Gasteiger partial charge in [0.05, 0.1) is 5.02 Å². The van der Waals surface area contributed by atoms with Gasteiger partial charge < -0.3 is 9.15 Å². The van der Waals surface area contributed by atoms with Crippen LogP contribution in [0.25, 0.3) is 0 Å². The van der Waals surface area contributed by atoms with E-state index in [0.29, 0.717) is 34.9 Å². The van der Waals surface area contributed by atoms with Crippen LogP contribution in [0.1, 0.15) is 18.2 Å². The maximum absolute atomic E-state index is 5.96. The first-order chi connectivity index (χ1) is 8.79. The number of benzene rings is 1. The molecule has 0 amide bonds. The van der Waals surface area contributed by atoms with Gasteiger partial charge in [-0.1, -0.05) is 23.7 Å². The molecule has 0 aliphatic heterocycles. The lowest BCUT2D eigenvalue weighted by atomic mass is 10.3. The summed E-state index contributed by atoms with van der Waals surface area (Å²) in [6, 6.07) is 7.23. The van der Waals surface area contributed by atoms with Gasteiger partial charge in [-0.2, -0.15) is 0 Å². The Hall–Kier alpha value is -1.26. The fourth-order valence-electron chi connectivity index (χ4n) is 1.37. The first kappa shape index (κ1) is 13.2. The summed E-state index contributed by atoms with van der Waals surface area (Å²) in [5.41, 5.74) is 0. The van der Waals surface area contributed by atoms with Crippen LogP contribution in [0.2, 0.25) is 5.02 Å². The van der Waals surface area contributed by atoms with Gasteiger partial charge in [-0.15, -0.1) is 21.8 Å². The zero-order chi connectivity index (χ0) is 12.8. The molecule has 0 atom stereocenters. The Bertz CT molecular complexity index is 502. The van der Waals surface area contributed by atoms with Crippen molar-refractivity contribution in [1.29, 1.82) is 0 Å². The molecule has 0 radical (unpaired) electrons. The fraction of sp³-hybridized carbons (Fsp3) is 0.333. The molecule has 1 aromatic carbocycles. The van der Waals surface area contributed by atoms with Crippen molar-refractivity contribution in [1.82, 2.24) is 10.2 Å². The molecule has 0 N–H and O–H groups in total. The van der Waals surface area contributed by atoms with E-state index in [0.717, 1.165) is 6.42 Å². The number of nitrogens with zero attached hydrogens (tertiary/aromatic N) is 2. The van der Waals surface area contributed by atoms with Gasteiger partial charge in [0.2, 0.25) is 5.89 Å². The van der Waals surface area contributed by atoms with Crippen molar-refractivity contribution in [2.24, 2.45) is 0 Å². The third-order valence-electron chi connectivity index (χ3n) is 2.22. The first-order valence-corrected chi connectivity index (χ1v) is 6.45. The number of aromatic nitrogens is 2. The summed E-state index contributed by atoms with van der Waals surface area (Å²) < 4.78 is 10.9. The topological polar surface area (TPSA) is 48.2 Å². The third-order valence-corrected chi connectivity index (χ3v) is 2.80. The van der Waals surface area contributed by atoms with E-state index in [1.165, 1.54) is 0 Å². The van der Waals surface area contributed by atoms with Gasteiger partial charge in [0.25, 0.3) is 5.89 Å².